The summed E-state index contributed by atoms with van der Waals surface area (Å²) >= 11 is 0. The van der Waals surface area contributed by atoms with Gasteiger partial charge in [-0.15, -0.1) is 0 Å². The van der Waals surface area contributed by atoms with Gasteiger partial charge in [0.2, 0.25) is 5.91 Å². The van der Waals surface area contributed by atoms with Gasteiger partial charge in [-0.05, 0) is 63.3 Å². The zero-order valence-corrected chi connectivity index (χ0v) is 20.2. The van der Waals surface area contributed by atoms with Gasteiger partial charge in [0.1, 0.15) is 17.2 Å². The van der Waals surface area contributed by atoms with Gasteiger partial charge in [0.05, 0.1) is 6.04 Å². The molecule has 0 radical (unpaired) electrons. The molecule has 0 saturated carbocycles. The first-order chi connectivity index (χ1) is 15.9. The largest absolute Gasteiger partial charge is 0.444 e. The van der Waals surface area contributed by atoms with Crippen molar-refractivity contribution in [3.05, 3.63) is 34.9 Å². The molecule has 2 fully saturated rings. The standard InChI is InChI=1S/C24H34F2N4O4/c1-5-14-9-19(26)16(10-18(14)25)8-17(28-23(33)34-24(2,3)4)11-21(31)30-7-6-15-12-29(22(27)32)13-20(15)30/h9-10,15,17,20H,5-8,11-13H2,1-4H3,(H2,27,32)(H,28,33). The molecular weight excluding hydrogens is 446 g/mol. The Labute approximate surface area is 198 Å². The van der Waals surface area contributed by atoms with Gasteiger partial charge in [-0.25, -0.2) is 18.4 Å². The summed E-state index contributed by atoms with van der Waals surface area (Å²) in [7, 11) is 0. The molecule has 2 heterocycles. The minimum absolute atomic E-state index is 0.0728. The fraction of sp³-hybridized carbons (Fsp3) is 0.625. The second-order valence-corrected chi connectivity index (χ2v) is 10.1. The van der Waals surface area contributed by atoms with Crippen LogP contribution in [0, 0.1) is 17.6 Å². The van der Waals surface area contributed by atoms with Crippen LogP contribution in [0.3, 0.4) is 0 Å². The molecule has 3 unspecified atom stereocenters. The van der Waals surface area contributed by atoms with E-state index in [4.69, 9.17) is 10.5 Å². The van der Waals surface area contributed by atoms with Crippen LogP contribution in [-0.4, -0.2) is 65.2 Å². The molecule has 2 aliphatic heterocycles. The van der Waals surface area contributed by atoms with Crippen LogP contribution in [0.1, 0.15) is 51.7 Å². The Kier molecular flexibility index (Phi) is 7.67. The van der Waals surface area contributed by atoms with Crippen molar-refractivity contribution in [2.24, 2.45) is 11.7 Å². The van der Waals surface area contributed by atoms with E-state index in [-0.39, 0.29) is 41.8 Å². The Morgan fingerprint density at radius 1 is 1.18 bits per heavy atom. The van der Waals surface area contributed by atoms with E-state index in [1.54, 1.807) is 32.6 Å². The van der Waals surface area contributed by atoms with Crippen LogP contribution >= 0.6 is 0 Å². The topological polar surface area (TPSA) is 105 Å². The first-order valence-corrected chi connectivity index (χ1v) is 11.7. The van der Waals surface area contributed by atoms with Crippen molar-refractivity contribution in [3.8, 4) is 0 Å². The molecule has 2 saturated heterocycles. The molecule has 0 aliphatic carbocycles. The number of urea groups is 1. The number of nitrogens with zero attached hydrogens (tertiary/aromatic N) is 2. The van der Waals surface area contributed by atoms with Crippen LogP contribution in [0.15, 0.2) is 12.1 Å². The van der Waals surface area contributed by atoms with Gasteiger partial charge in [-0.2, -0.15) is 0 Å². The quantitative estimate of drug-likeness (QED) is 0.653. The maximum atomic E-state index is 14.7. The van der Waals surface area contributed by atoms with Crippen molar-refractivity contribution in [2.75, 3.05) is 19.6 Å². The van der Waals surface area contributed by atoms with Gasteiger partial charge in [0, 0.05) is 38.0 Å². The highest BCUT2D eigenvalue weighted by Crippen LogP contribution is 2.32. The highest BCUT2D eigenvalue weighted by molar-refractivity contribution is 5.79. The summed E-state index contributed by atoms with van der Waals surface area (Å²) < 4.78 is 34.3. The zero-order valence-electron chi connectivity index (χ0n) is 20.2. The molecule has 4 amide bonds. The van der Waals surface area contributed by atoms with Crippen molar-refractivity contribution in [1.82, 2.24) is 15.1 Å². The number of nitrogens with two attached hydrogens (primary N) is 1. The molecule has 10 heteroatoms. The molecule has 1 aromatic rings. The molecule has 0 bridgehead atoms. The number of carbonyl (C=O) groups excluding carboxylic acids is 3. The molecular formula is C24H34F2N4O4. The molecule has 3 atom stereocenters. The summed E-state index contributed by atoms with van der Waals surface area (Å²) in [5, 5.41) is 2.66. The first-order valence-electron chi connectivity index (χ1n) is 11.7. The van der Waals surface area contributed by atoms with Crippen LogP contribution in [-0.2, 0) is 22.4 Å². The van der Waals surface area contributed by atoms with E-state index in [9.17, 15) is 23.2 Å². The lowest BCUT2D eigenvalue weighted by atomic mass is 9.99. The van der Waals surface area contributed by atoms with E-state index in [1.807, 2.05) is 0 Å². The van der Waals surface area contributed by atoms with Crippen LogP contribution in [0.5, 0.6) is 0 Å². The number of benzene rings is 1. The Balaban J connectivity index is 1.76. The number of alkyl carbamates (subject to hydrolysis) is 1. The average Bonchev–Trinajstić information content (AvgIpc) is 3.29. The third-order valence-corrected chi connectivity index (χ3v) is 6.38. The molecule has 34 heavy (non-hydrogen) atoms. The number of hydrogen-bond acceptors (Lipinski definition) is 4. The zero-order chi connectivity index (χ0) is 25.2. The number of halogens is 2. The van der Waals surface area contributed by atoms with Gasteiger partial charge in [0.25, 0.3) is 0 Å². The van der Waals surface area contributed by atoms with E-state index in [0.29, 0.717) is 26.1 Å². The maximum absolute atomic E-state index is 14.7. The lowest BCUT2D eigenvalue weighted by Gasteiger charge is -2.28. The highest BCUT2D eigenvalue weighted by Gasteiger charge is 2.44. The van der Waals surface area contributed by atoms with E-state index in [0.717, 1.165) is 18.6 Å². The Bertz CT molecular complexity index is 950. The number of likely N-dealkylation sites (tertiary alicyclic amines) is 2. The van der Waals surface area contributed by atoms with E-state index < -0.39 is 35.4 Å². The Hall–Kier alpha value is -2.91. The number of nitrogens with one attached hydrogen (secondary N) is 1. The average molecular weight is 481 g/mol. The number of amides is 4. The van der Waals surface area contributed by atoms with E-state index in [2.05, 4.69) is 5.32 Å². The van der Waals surface area contributed by atoms with Gasteiger partial charge in [-0.1, -0.05) is 6.92 Å². The van der Waals surface area contributed by atoms with Gasteiger partial charge < -0.3 is 25.6 Å². The number of primary amides is 1. The normalized spacial score (nSPS) is 20.8. The Morgan fingerprint density at radius 3 is 2.44 bits per heavy atom. The lowest BCUT2D eigenvalue weighted by Crippen LogP contribution is -2.46. The molecule has 3 N–H and O–H groups in total. The molecule has 8 nitrogen and oxygen atoms in total. The number of hydrogen-bond donors (Lipinski definition) is 2. The maximum Gasteiger partial charge on any atom is 0.407 e. The van der Waals surface area contributed by atoms with Crippen LogP contribution in [0.25, 0.3) is 0 Å². The first kappa shape index (κ1) is 25.7. The fourth-order valence-corrected chi connectivity index (χ4v) is 4.75. The highest BCUT2D eigenvalue weighted by atomic mass is 19.1. The minimum atomic E-state index is -0.809. The smallest absolute Gasteiger partial charge is 0.407 e. The summed E-state index contributed by atoms with van der Waals surface area (Å²) in [6.45, 7) is 8.27. The molecule has 1 aromatic carbocycles. The number of fused-ring (bicyclic) bond motifs is 1. The SMILES string of the molecule is CCc1cc(F)c(CC(CC(=O)N2CCC3CN(C(N)=O)CC32)NC(=O)OC(C)(C)C)cc1F. The molecule has 0 spiro atoms. The summed E-state index contributed by atoms with van der Waals surface area (Å²) in [5.74, 6) is -1.19. The summed E-state index contributed by atoms with van der Waals surface area (Å²) in [6.07, 6.45) is 0.170. The summed E-state index contributed by atoms with van der Waals surface area (Å²) in [6, 6.07) is 0.811. The van der Waals surface area contributed by atoms with Crippen molar-refractivity contribution >= 4 is 18.0 Å². The number of carbonyl (C=O) groups is 3. The molecule has 0 aromatic heterocycles. The molecule has 188 valence electrons. The van der Waals surface area contributed by atoms with Crippen molar-refractivity contribution in [3.63, 3.8) is 0 Å². The molecule has 3 rings (SSSR count). The fourth-order valence-electron chi connectivity index (χ4n) is 4.75. The van der Waals surface area contributed by atoms with Gasteiger partial charge >= 0.3 is 12.1 Å². The van der Waals surface area contributed by atoms with Crippen molar-refractivity contribution in [1.29, 1.82) is 0 Å². The third-order valence-electron chi connectivity index (χ3n) is 6.38. The number of rotatable bonds is 6. The van der Waals surface area contributed by atoms with E-state index in [1.165, 1.54) is 4.90 Å². The van der Waals surface area contributed by atoms with Crippen LogP contribution < -0.4 is 11.1 Å². The summed E-state index contributed by atoms with van der Waals surface area (Å²) in [4.78, 5) is 40.4. The van der Waals surface area contributed by atoms with E-state index >= 15 is 0 Å². The second kappa shape index (κ2) is 10.1. The molecule has 2 aliphatic rings. The van der Waals surface area contributed by atoms with Gasteiger partial charge in [-0.3, -0.25) is 4.79 Å². The van der Waals surface area contributed by atoms with Crippen molar-refractivity contribution < 1.29 is 27.9 Å². The minimum Gasteiger partial charge on any atom is -0.444 e. The van der Waals surface area contributed by atoms with Crippen molar-refractivity contribution in [2.45, 2.75) is 71.1 Å². The summed E-state index contributed by atoms with van der Waals surface area (Å²) in [5.41, 5.74) is 4.97. The predicted octanol–water partition coefficient (Wildman–Crippen LogP) is 2.96. The van der Waals surface area contributed by atoms with Gasteiger partial charge in [0.15, 0.2) is 0 Å². The predicted molar refractivity (Wildman–Crippen MR) is 122 cm³/mol. The Morgan fingerprint density at radius 2 is 1.82 bits per heavy atom. The van der Waals surface area contributed by atoms with Crippen LogP contribution in [0.2, 0.25) is 0 Å². The number of ether oxygens (including phenoxy) is 1. The third kappa shape index (κ3) is 6.15. The van der Waals surface area contributed by atoms with Crippen LogP contribution in [0.4, 0.5) is 18.4 Å². The monoisotopic (exact) mass is 480 g/mol. The number of aryl methyl sites for hydroxylation is 1. The second-order valence-electron chi connectivity index (χ2n) is 10.1. The lowest BCUT2D eigenvalue weighted by molar-refractivity contribution is -0.132.